The van der Waals surface area contributed by atoms with Crippen LogP contribution in [0.4, 0.5) is 4.39 Å². The molecule has 8 heteroatoms. The molecule has 0 bridgehead atoms. The molecule has 0 amide bonds. The molecule has 3 N–H and O–H groups in total. The highest BCUT2D eigenvalue weighted by atomic mass is 32.2. The number of benzene rings is 1. The van der Waals surface area contributed by atoms with Gasteiger partial charge in [-0.15, -0.1) is 11.3 Å². The van der Waals surface area contributed by atoms with Gasteiger partial charge in [0.05, 0.1) is 10.9 Å². The third-order valence-electron chi connectivity index (χ3n) is 2.88. The predicted molar refractivity (Wildman–Crippen MR) is 79.9 cm³/mol. The lowest BCUT2D eigenvalue weighted by Crippen LogP contribution is -2.28. The minimum Gasteiger partial charge on any atom is -0.326 e. The Bertz CT molecular complexity index is 744. The summed E-state index contributed by atoms with van der Waals surface area (Å²) in [7, 11) is -3.87. The Morgan fingerprint density at radius 1 is 1.48 bits per heavy atom. The summed E-state index contributed by atoms with van der Waals surface area (Å²) in [5.41, 5.74) is 6.71. The van der Waals surface area contributed by atoms with Gasteiger partial charge < -0.3 is 5.73 Å². The molecule has 1 aromatic carbocycles. The van der Waals surface area contributed by atoms with Gasteiger partial charge in [0, 0.05) is 17.6 Å². The van der Waals surface area contributed by atoms with Crippen LogP contribution >= 0.6 is 11.3 Å². The summed E-state index contributed by atoms with van der Waals surface area (Å²) >= 11 is 1.37. The summed E-state index contributed by atoms with van der Waals surface area (Å²) in [6.07, 6.45) is 0. The highest BCUT2D eigenvalue weighted by Gasteiger charge is 2.23. The van der Waals surface area contributed by atoms with Crippen LogP contribution in [0.3, 0.4) is 0 Å². The Balaban J connectivity index is 2.32. The molecule has 5 nitrogen and oxygen atoms in total. The van der Waals surface area contributed by atoms with E-state index in [2.05, 4.69) is 9.71 Å². The van der Waals surface area contributed by atoms with Gasteiger partial charge in [0.25, 0.3) is 0 Å². The van der Waals surface area contributed by atoms with Crippen LogP contribution in [0.15, 0.2) is 28.5 Å². The number of hydrogen-bond donors (Lipinski definition) is 2. The van der Waals surface area contributed by atoms with E-state index in [4.69, 9.17) is 5.73 Å². The maximum absolute atomic E-state index is 13.3. The van der Waals surface area contributed by atoms with Crippen molar-refractivity contribution in [2.75, 3.05) is 0 Å². The fraction of sp³-hybridized carbons (Fsp3) is 0.308. The molecule has 0 aliphatic carbocycles. The molecule has 2 rings (SSSR count). The number of nitrogens with zero attached hydrogens (tertiary/aromatic N) is 1. The molecule has 21 heavy (non-hydrogen) atoms. The van der Waals surface area contributed by atoms with Crippen molar-refractivity contribution >= 4 is 21.4 Å². The Labute approximate surface area is 127 Å². The van der Waals surface area contributed by atoms with Crippen molar-refractivity contribution in [3.8, 4) is 0 Å². The largest absolute Gasteiger partial charge is 0.326 e. The zero-order valence-corrected chi connectivity index (χ0v) is 13.3. The van der Waals surface area contributed by atoms with Gasteiger partial charge >= 0.3 is 0 Å². The number of aromatic nitrogens is 1. The molecule has 1 unspecified atom stereocenters. The van der Waals surface area contributed by atoms with Gasteiger partial charge in [-0.1, -0.05) is 6.07 Å². The van der Waals surface area contributed by atoms with Crippen LogP contribution in [0.5, 0.6) is 0 Å². The average Bonchev–Trinajstić information content (AvgIpc) is 2.85. The molecule has 0 saturated heterocycles. The molecule has 0 saturated carbocycles. The second kappa shape index (κ2) is 6.18. The maximum Gasteiger partial charge on any atom is 0.241 e. The fourth-order valence-corrected chi connectivity index (χ4v) is 4.21. The Kier molecular flexibility index (Phi) is 4.72. The van der Waals surface area contributed by atoms with Gasteiger partial charge in [-0.05, 0) is 31.5 Å². The number of sulfonamides is 1. The summed E-state index contributed by atoms with van der Waals surface area (Å²) in [5.74, 6) is -0.620. The molecular weight excluding hydrogens is 313 g/mol. The first kappa shape index (κ1) is 16.0. The van der Waals surface area contributed by atoms with Crippen LogP contribution in [0.25, 0.3) is 0 Å². The van der Waals surface area contributed by atoms with Gasteiger partial charge in [0.2, 0.25) is 10.0 Å². The SMILES string of the molecule is Cc1csc(C(C)NS(=O)(=O)c2cc(F)ccc2CN)n1. The van der Waals surface area contributed by atoms with Crippen molar-refractivity contribution in [1.82, 2.24) is 9.71 Å². The zero-order valence-electron chi connectivity index (χ0n) is 11.6. The third kappa shape index (κ3) is 3.65. The lowest BCUT2D eigenvalue weighted by atomic mass is 10.2. The van der Waals surface area contributed by atoms with E-state index in [1.54, 1.807) is 6.92 Å². The van der Waals surface area contributed by atoms with E-state index in [9.17, 15) is 12.8 Å². The van der Waals surface area contributed by atoms with E-state index >= 15 is 0 Å². The average molecular weight is 329 g/mol. The van der Waals surface area contributed by atoms with Crippen molar-refractivity contribution in [1.29, 1.82) is 0 Å². The van der Waals surface area contributed by atoms with E-state index in [0.717, 1.165) is 11.8 Å². The van der Waals surface area contributed by atoms with Crippen LogP contribution in [-0.4, -0.2) is 13.4 Å². The highest BCUT2D eigenvalue weighted by molar-refractivity contribution is 7.89. The summed E-state index contributed by atoms with van der Waals surface area (Å²) in [6, 6.07) is 3.05. The summed E-state index contributed by atoms with van der Waals surface area (Å²) in [4.78, 5) is 4.11. The number of aryl methyl sites for hydroxylation is 1. The molecule has 1 heterocycles. The molecule has 114 valence electrons. The van der Waals surface area contributed by atoms with Crippen molar-refractivity contribution in [2.45, 2.75) is 31.3 Å². The van der Waals surface area contributed by atoms with Crippen molar-refractivity contribution < 1.29 is 12.8 Å². The first-order valence-corrected chi connectivity index (χ1v) is 8.62. The molecule has 0 aliphatic heterocycles. The summed E-state index contributed by atoms with van der Waals surface area (Å²) in [5, 5.41) is 2.50. The predicted octanol–water partition coefficient (Wildman–Crippen LogP) is 2.09. The van der Waals surface area contributed by atoms with E-state index < -0.39 is 21.9 Å². The zero-order chi connectivity index (χ0) is 15.6. The van der Waals surface area contributed by atoms with Gasteiger partial charge in [-0.3, -0.25) is 0 Å². The van der Waals surface area contributed by atoms with Gasteiger partial charge in [0.1, 0.15) is 10.8 Å². The molecule has 0 spiro atoms. The minimum absolute atomic E-state index is 0.0151. The van der Waals surface area contributed by atoms with Crippen LogP contribution < -0.4 is 10.5 Å². The summed E-state index contributed by atoms with van der Waals surface area (Å²) in [6.45, 7) is 3.54. The van der Waals surface area contributed by atoms with Crippen molar-refractivity contribution in [2.24, 2.45) is 5.73 Å². The lowest BCUT2D eigenvalue weighted by Gasteiger charge is -2.14. The third-order valence-corrected chi connectivity index (χ3v) is 5.65. The first-order valence-electron chi connectivity index (χ1n) is 6.26. The molecule has 0 aliphatic rings. The van der Waals surface area contributed by atoms with Crippen LogP contribution in [0.1, 0.15) is 29.2 Å². The molecular formula is C13H16FN3O2S2. The van der Waals surface area contributed by atoms with E-state index in [-0.39, 0.29) is 11.4 Å². The van der Waals surface area contributed by atoms with Gasteiger partial charge in [0.15, 0.2) is 0 Å². The molecule has 1 aromatic heterocycles. The van der Waals surface area contributed by atoms with Crippen LogP contribution in [0.2, 0.25) is 0 Å². The van der Waals surface area contributed by atoms with E-state index in [1.165, 1.54) is 23.5 Å². The topological polar surface area (TPSA) is 85.1 Å². The Morgan fingerprint density at radius 2 is 2.19 bits per heavy atom. The highest BCUT2D eigenvalue weighted by Crippen LogP contribution is 2.22. The second-order valence-electron chi connectivity index (χ2n) is 4.63. The number of halogens is 1. The monoisotopic (exact) mass is 329 g/mol. The summed E-state index contributed by atoms with van der Waals surface area (Å²) < 4.78 is 40.6. The quantitative estimate of drug-likeness (QED) is 0.879. The van der Waals surface area contributed by atoms with E-state index in [1.807, 2.05) is 12.3 Å². The molecule has 0 radical (unpaired) electrons. The molecule has 2 aromatic rings. The maximum atomic E-state index is 13.3. The first-order chi connectivity index (χ1) is 9.83. The van der Waals surface area contributed by atoms with E-state index in [0.29, 0.717) is 10.6 Å². The smallest absolute Gasteiger partial charge is 0.241 e. The van der Waals surface area contributed by atoms with Gasteiger partial charge in [-0.25, -0.2) is 22.5 Å². The molecule has 1 atom stereocenters. The van der Waals surface area contributed by atoms with Gasteiger partial charge in [-0.2, -0.15) is 0 Å². The number of rotatable bonds is 5. The van der Waals surface area contributed by atoms with Crippen molar-refractivity contribution in [3.05, 3.63) is 45.7 Å². The van der Waals surface area contributed by atoms with Crippen LogP contribution in [0, 0.1) is 12.7 Å². The second-order valence-corrected chi connectivity index (χ2v) is 7.20. The Hall–Kier alpha value is -1.35. The number of nitrogens with two attached hydrogens (primary N) is 1. The lowest BCUT2D eigenvalue weighted by molar-refractivity contribution is 0.561. The van der Waals surface area contributed by atoms with Crippen molar-refractivity contribution in [3.63, 3.8) is 0 Å². The Morgan fingerprint density at radius 3 is 2.76 bits per heavy atom. The number of nitrogens with one attached hydrogen (secondary N) is 1. The minimum atomic E-state index is -3.87. The normalized spacial score (nSPS) is 13.3. The standard InChI is InChI=1S/C13H16FN3O2S2/c1-8-7-20-13(16-8)9(2)17-21(18,19)12-5-11(14)4-3-10(12)6-15/h3-5,7,9,17H,6,15H2,1-2H3. The van der Waals surface area contributed by atoms with Crippen LogP contribution in [-0.2, 0) is 16.6 Å². The fourth-order valence-electron chi connectivity index (χ4n) is 1.86. The molecule has 0 fully saturated rings. The number of hydrogen-bond acceptors (Lipinski definition) is 5. The number of thiazole rings is 1.